The number of aliphatic hydroxyl groups excluding tert-OH is 1. The van der Waals surface area contributed by atoms with E-state index in [9.17, 15) is 5.11 Å². The number of hydrogen-bond acceptors (Lipinski definition) is 4. The number of aliphatic hydroxyl groups is 1. The van der Waals surface area contributed by atoms with Crippen molar-refractivity contribution in [3.8, 4) is 11.3 Å². The molecule has 0 saturated heterocycles. The highest BCUT2D eigenvalue weighted by atomic mass is 16.3. The van der Waals surface area contributed by atoms with E-state index in [0.29, 0.717) is 13.1 Å². The number of rotatable bonds is 6. The summed E-state index contributed by atoms with van der Waals surface area (Å²) in [6.45, 7) is 1.10. The Morgan fingerprint density at radius 3 is 2.64 bits per heavy atom. The van der Waals surface area contributed by atoms with Crippen molar-refractivity contribution in [3.63, 3.8) is 0 Å². The van der Waals surface area contributed by atoms with Crippen LogP contribution in [0.25, 0.3) is 11.3 Å². The first kappa shape index (κ1) is 14.4. The molecule has 2 aromatic heterocycles. The van der Waals surface area contributed by atoms with E-state index in [0.717, 1.165) is 22.5 Å². The van der Waals surface area contributed by atoms with Crippen molar-refractivity contribution < 1.29 is 5.11 Å². The summed E-state index contributed by atoms with van der Waals surface area (Å²) in [4.78, 5) is 3.94. The maximum Gasteiger partial charge on any atom is 0.0924 e. The Kier molecular flexibility index (Phi) is 4.58. The van der Waals surface area contributed by atoms with Crippen molar-refractivity contribution in [1.29, 1.82) is 0 Å². The number of nitrogens with zero attached hydrogens (tertiary/aromatic N) is 2. The van der Waals surface area contributed by atoms with Crippen molar-refractivity contribution in [2.75, 3.05) is 6.54 Å². The third-order valence-electron chi connectivity index (χ3n) is 3.44. The highest BCUT2D eigenvalue weighted by Crippen LogP contribution is 2.17. The molecule has 5 heteroatoms. The van der Waals surface area contributed by atoms with Gasteiger partial charge in [0.2, 0.25) is 0 Å². The fourth-order valence-electron chi connectivity index (χ4n) is 2.26. The predicted octanol–water partition coefficient (Wildman–Crippen LogP) is 2.29. The molecule has 1 atom stereocenters. The van der Waals surface area contributed by atoms with Crippen molar-refractivity contribution in [3.05, 3.63) is 72.2 Å². The Hall–Kier alpha value is -2.50. The van der Waals surface area contributed by atoms with Gasteiger partial charge in [0, 0.05) is 36.7 Å². The van der Waals surface area contributed by atoms with E-state index in [1.54, 1.807) is 12.4 Å². The largest absolute Gasteiger partial charge is 0.387 e. The smallest absolute Gasteiger partial charge is 0.0924 e. The lowest BCUT2D eigenvalue weighted by Gasteiger charge is -2.11. The number of hydrogen-bond donors (Lipinski definition) is 3. The molecule has 0 spiro atoms. The Labute approximate surface area is 129 Å². The number of aromatic nitrogens is 3. The molecule has 3 rings (SSSR count). The SMILES string of the molecule is OC(CNCc1cc(-c2ccccc2)n[nH]1)c1ccncc1. The van der Waals surface area contributed by atoms with Gasteiger partial charge in [-0.25, -0.2) is 0 Å². The summed E-state index contributed by atoms with van der Waals surface area (Å²) in [5.74, 6) is 0. The first-order valence-corrected chi connectivity index (χ1v) is 7.21. The van der Waals surface area contributed by atoms with E-state index < -0.39 is 6.10 Å². The van der Waals surface area contributed by atoms with Crippen molar-refractivity contribution >= 4 is 0 Å². The second-order valence-corrected chi connectivity index (χ2v) is 5.07. The number of nitrogens with one attached hydrogen (secondary N) is 2. The highest BCUT2D eigenvalue weighted by molar-refractivity contribution is 5.58. The van der Waals surface area contributed by atoms with Gasteiger partial charge in [-0.15, -0.1) is 0 Å². The van der Waals surface area contributed by atoms with Crippen LogP contribution in [0.3, 0.4) is 0 Å². The van der Waals surface area contributed by atoms with E-state index >= 15 is 0 Å². The summed E-state index contributed by atoms with van der Waals surface area (Å²) in [5.41, 5.74) is 3.85. The maximum atomic E-state index is 10.1. The lowest BCUT2D eigenvalue weighted by molar-refractivity contribution is 0.174. The van der Waals surface area contributed by atoms with Gasteiger partial charge in [0.05, 0.1) is 11.8 Å². The highest BCUT2D eigenvalue weighted by Gasteiger charge is 2.07. The van der Waals surface area contributed by atoms with Gasteiger partial charge >= 0.3 is 0 Å². The molecule has 0 saturated carbocycles. The zero-order chi connectivity index (χ0) is 15.2. The van der Waals surface area contributed by atoms with Crippen LogP contribution in [0.1, 0.15) is 17.4 Å². The summed E-state index contributed by atoms with van der Waals surface area (Å²) in [7, 11) is 0. The van der Waals surface area contributed by atoms with Crippen LogP contribution in [-0.2, 0) is 6.54 Å². The van der Waals surface area contributed by atoms with E-state index in [-0.39, 0.29) is 0 Å². The molecule has 5 nitrogen and oxygen atoms in total. The zero-order valence-corrected chi connectivity index (χ0v) is 12.1. The summed E-state index contributed by atoms with van der Waals surface area (Å²) >= 11 is 0. The minimum atomic E-state index is -0.542. The fraction of sp³-hybridized carbons (Fsp3) is 0.176. The van der Waals surface area contributed by atoms with E-state index in [1.807, 2.05) is 48.5 Å². The number of aromatic amines is 1. The van der Waals surface area contributed by atoms with Crippen LogP contribution in [0.5, 0.6) is 0 Å². The average Bonchev–Trinajstić information content (AvgIpc) is 3.05. The third-order valence-corrected chi connectivity index (χ3v) is 3.44. The van der Waals surface area contributed by atoms with Gasteiger partial charge in [-0.1, -0.05) is 30.3 Å². The molecule has 2 heterocycles. The quantitative estimate of drug-likeness (QED) is 0.652. The second-order valence-electron chi connectivity index (χ2n) is 5.07. The number of pyridine rings is 1. The molecule has 0 bridgehead atoms. The van der Waals surface area contributed by atoms with E-state index in [1.165, 1.54) is 0 Å². The van der Waals surface area contributed by atoms with Gasteiger partial charge in [-0.05, 0) is 23.8 Å². The fourth-order valence-corrected chi connectivity index (χ4v) is 2.26. The van der Waals surface area contributed by atoms with Crippen molar-refractivity contribution in [1.82, 2.24) is 20.5 Å². The molecule has 0 aliphatic rings. The number of H-pyrrole nitrogens is 1. The van der Waals surface area contributed by atoms with Gasteiger partial charge < -0.3 is 10.4 Å². The molecule has 0 radical (unpaired) electrons. The monoisotopic (exact) mass is 294 g/mol. The maximum absolute atomic E-state index is 10.1. The first-order chi connectivity index (χ1) is 10.8. The molecule has 3 aromatic rings. The average molecular weight is 294 g/mol. The molecule has 0 fully saturated rings. The van der Waals surface area contributed by atoms with Crippen LogP contribution in [0, 0.1) is 0 Å². The van der Waals surface area contributed by atoms with Crippen LogP contribution < -0.4 is 5.32 Å². The van der Waals surface area contributed by atoms with Gasteiger partial charge in [0.15, 0.2) is 0 Å². The van der Waals surface area contributed by atoms with Gasteiger partial charge in [-0.2, -0.15) is 5.10 Å². The van der Waals surface area contributed by atoms with Crippen LogP contribution in [0.15, 0.2) is 60.9 Å². The van der Waals surface area contributed by atoms with Gasteiger partial charge in [0.25, 0.3) is 0 Å². The van der Waals surface area contributed by atoms with Gasteiger partial charge in [-0.3, -0.25) is 10.1 Å². The summed E-state index contributed by atoms with van der Waals surface area (Å²) in [6, 6.07) is 15.7. The topological polar surface area (TPSA) is 73.8 Å². The third kappa shape index (κ3) is 3.58. The first-order valence-electron chi connectivity index (χ1n) is 7.21. The standard InChI is InChI=1S/C17H18N4O/c22-17(14-6-8-18-9-7-14)12-19-11-15-10-16(21-20-15)13-4-2-1-3-5-13/h1-10,17,19,22H,11-12H2,(H,20,21). The van der Waals surface area contributed by atoms with Crippen LogP contribution >= 0.6 is 0 Å². The minimum absolute atomic E-state index is 0.476. The Morgan fingerprint density at radius 1 is 1.09 bits per heavy atom. The predicted molar refractivity (Wildman–Crippen MR) is 84.9 cm³/mol. The molecule has 0 amide bonds. The minimum Gasteiger partial charge on any atom is -0.387 e. The second kappa shape index (κ2) is 6.98. The molecule has 112 valence electrons. The zero-order valence-electron chi connectivity index (χ0n) is 12.1. The Balaban J connectivity index is 1.53. The van der Waals surface area contributed by atoms with Crippen LogP contribution in [0.2, 0.25) is 0 Å². The van der Waals surface area contributed by atoms with Crippen molar-refractivity contribution in [2.24, 2.45) is 0 Å². The van der Waals surface area contributed by atoms with E-state index in [4.69, 9.17) is 0 Å². The lowest BCUT2D eigenvalue weighted by Crippen LogP contribution is -2.21. The Morgan fingerprint density at radius 2 is 1.86 bits per heavy atom. The summed E-state index contributed by atoms with van der Waals surface area (Å²) in [6.07, 6.45) is 2.82. The molecule has 1 unspecified atom stereocenters. The van der Waals surface area contributed by atoms with Crippen LogP contribution in [-0.4, -0.2) is 26.8 Å². The molecular formula is C17H18N4O. The Bertz CT molecular complexity index is 697. The normalized spacial score (nSPS) is 12.2. The summed E-state index contributed by atoms with van der Waals surface area (Å²) in [5, 5.41) is 20.6. The molecule has 0 aliphatic heterocycles. The van der Waals surface area contributed by atoms with Crippen LogP contribution in [0.4, 0.5) is 0 Å². The van der Waals surface area contributed by atoms with Gasteiger partial charge in [0.1, 0.15) is 0 Å². The van der Waals surface area contributed by atoms with E-state index in [2.05, 4.69) is 20.5 Å². The molecule has 0 aliphatic carbocycles. The number of benzene rings is 1. The molecule has 3 N–H and O–H groups in total. The van der Waals surface area contributed by atoms with Crippen molar-refractivity contribution in [2.45, 2.75) is 12.6 Å². The molecular weight excluding hydrogens is 276 g/mol. The lowest BCUT2D eigenvalue weighted by atomic mass is 10.1. The molecule has 1 aromatic carbocycles. The summed E-state index contributed by atoms with van der Waals surface area (Å²) < 4.78 is 0. The molecule has 22 heavy (non-hydrogen) atoms.